The van der Waals surface area contributed by atoms with Crippen molar-refractivity contribution in [2.24, 2.45) is 0 Å². The van der Waals surface area contributed by atoms with Crippen LogP contribution in [0.25, 0.3) is 0 Å². The molecule has 8 nitrogen and oxygen atoms in total. The van der Waals surface area contributed by atoms with E-state index in [1.807, 2.05) is 51.3 Å². The van der Waals surface area contributed by atoms with Crippen molar-refractivity contribution in [1.29, 1.82) is 0 Å². The second-order valence-corrected chi connectivity index (χ2v) is 10.5. The lowest BCUT2D eigenvalue weighted by atomic mass is 10.1. The first-order valence-corrected chi connectivity index (χ1v) is 11.4. The summed E-state index contributed by atoms with van der Waals surface area (Å²) in [6.45, 7) is 13.8. The van der Waals surface area contributed by atoms with Crippen LogP contribution in [-0.2, 0) is 32.2 Å². The molecule has 1 aliphatic rings. The van der Waals surface area contributed by atoms with Gasteiger partial charge in [-0.2, -0.15) is 0 Å². The van der Waals surface area contributed by atoms with E-state index in [9.17, 15) is 14.4 Å². The van der Waals surface area contributed by atoms with Crippen LogP contribution in [0.2, 0.25) is 0 Å². The molecule has 1 N–H and O–H groups in total. The monoisotopic (exact) mass is 449 g/mol. The van der Waals surface area contributed by atoms with Crippen molar-refractivity contribution in [2.75, 3.05) is 26.2 Å². The largest absolute Gasteiger partial charge is 0.459 e. The van der Waals surface area contributed by atoms with Crippen molar-refractivity contribution < 1.29 is 19.1 Å². The Bertz CT molecular complexity index is 772. The fourth-order valence-corrected chi connectivity index (χ4v) is 3.70. The molecule has 0 amide bonds. The highest BCUT2D eigenvalue weighted by molar-refractivity contribution is 5.72. The molecule has 180 valence electrons. The molecule has 1 aliphatic heterocycles. The lowest BCUT2D eigenvalue weighted by Gasteiger charge is -2.27. The summed E-state index contributed by atoms with van der Waals surface area (Å²) < 4.78 is 10.9. The minimum atomic E-state index is -0.532. The molecule has 0 aromatic carbocycles. The Morgan fingerprint density at radius 1 is 0.812 bits per heavy atom. The molecule has 1 aromatic heterocycles. The van der Waals surface area contributed by atoms with E-state index < -0.39 is 11.2 Å². The van der Waals surface area contributed by atoms with E-state index in [0.29, 0.717) is 13.1 Å². The van der Waals surface area contributed by atoms with Gasteiger partial charge >= 0.3 is 11.9 Å². The topological polar surface area (TPSA) is 91.9 Å². The predicted molar refractivity (Wildman–Crippen MR) is 123 cm³/mol. The van der Waals surface area contributed by atoms with Crippen LogP contribution in [0.1, 0.15) is 72.2 Å². The molecule has 2 rings (SSSR count). The van der Waals surface area contributed by atoms with Crippen molar-refractivity contribution in [1.82, 2.24) is 14.8 Å². The fraction of sp³-hybridized carbons (Fsp3) is 0.708. The van der Waals surface area contributed by atoms with Gasteiger partial charge in [-0.1, -0.05) is 6.42 Å². The van der Waals surface area contributed by atoms with Crippen LogP contribution in [0.15, 0.2) is 16.9 Å². The van der Waals surface area contributed by atoms with Gasteiger partial charge in [0.25, 0.3) is 0 Å². The fourth-order valence-electron chi connectivity index (χ4n) is 3.70. The van der Waals surface area contributed by atoms with Gasteiger partial charge in [0.05, 0.1) is 13.1 Å². The van der Waals surface area contributed by atoms with Crippen molar-refractivity contribution in [3.8, 4) is 0 Å². The minimum absolute atomic E-state index is 0.0970. The van der Waals surface area contributed by atoms with Gasteiger partial charge in [0, 0.05) is 36.6 Å². The zero-order valence-electron chi connectivity index (χ0n) is 20.5. The summed E-state index contributed by atoms with van der Waals surface area (Å²) in [5.41, 5.74) is 0.327. The molecular weight excluding hydrogens is 410 g/mol. The number of nitrogens with one attached hydrogen (secondary N) is 1. The number of esters is 2. The number of fused-ring (bicyclic) bond motifs is 2. The summed E-state index contributed by atoms with van der Waals surface area (Å²) in [4.78, 5) is 44.4. The van der Waals surface area contributed by atoms with E-state index in [1.54, 1.807) is 12.1 Å². The molecular formula is C24H39N3O5. The predicted octanol–water partition coefficient (Wildman–Crippen LogP) is 2.85. The number of aromatic nitrogens is 1. The summed E-state index contributed by atoms with van der Waals surface area (Å²) in [7, 11) is 0. The second-order valence-electron chi connectivity index (χ2n) is 10.5. The molecule has 0 saturated heterocycles. The van der Waals surface area contributed by atoms with Gasteiger partial charge in [0.2, 0.25) is 0 Å². The summed E-state index contributed by atoms with van der Waals surface area (Å²) in [6.07, 6.45) is 2.79. The maximum atomic E-state index is 12.4. The number of pyridine rings is 1. The number of hydrogen-bond donors (Lipinski definition) is 1. The van der Waals surface area contributed by atoms with Gasteiger partial charge in [-0.15, -0.1) is 0 Å². The lowest BCUT2D eigenvalue weighted by molar-refractivity contribution is -0.157. The molecule has 0 radical (unpaired) electrons. The Morgan fingerprint density at radius 2 is 1.22 bits per heavy atom. The van der Waals surface area contributed by atoms with Crippen molar-refractivity contribution in [3.05, 3.63) is 33.7 Å². The van der Waals surface area contributed by atoms with Crippen molar-refractivity contribution in [2.45, 2.75) is 85.1 Å². The number of carbonyl (C=O) groups is 2. The van der Waals surface area contributed by atoms with Crippen LogP contribution in [0.5, 0.6) is 0 Å². The van der Waals surface area contributed by atoms with E-state index in [0.717, 1.165) is 43.7 Å². The van der Waals surface area contributed by atoms with E-state index in [4.69, 9.17) is 9.47 Å². The average Bonchev–Trinajstić information content (AvgIpc) is 2.56. The van der Waals surface area contributed by atoms with Crippen LogP contribution < -0.4 is 5.43 Å². The Hall–Kier alpha value is -2.19. The Morgan fingerprint density at radius 3 is 1.59 bits per heavy atom. The number of carbonyl (C=O) groups excluding carboxylic acids is 2. The highest BCUT2D eigenvalue weighted by Gasteiger charge is 2.22. The van der Waals surface area contributed by atoms with E-state index in [-0.39, 0.29) is 30.5 Å². The summed E-state index contributed by atoms with van der Waals surface area (Å²) in [6, 6.07) is 3.13. The second kappa shape index (κ2) is 11.1. The number of aromatic amines is 1. The molecule has 0 unspecified atom stereocenters. The van der Waals surface area contributed by atoms with Gasteiger partial charge in [0.1, 0.15) is 11.2 Å². The third-order valence-corrected chi connectivity index (χ3v) is 4.74. The van der Waals surface area contributed by atoms with E-state index in [1.165, 1.54) is 0 Å². The lowest BCUT2D eigenvalue weighted by Crippen LogP contribution is -2.37. The number of H-pyrrole nitrogens is 1. The molecule has 0 fully saturated rings. The normalized spacial score (nSPS) is 17.2. The SMILES string of the molecule is CC(C)(C)OC(=O)CN1CCCCCN(CC(=O)OC(C)(C)C)Cc2cc(=O)cc([nH]2)C1. The molecule has 0 atom stereocenters. The minimum Gasteiger partial charge on any atom is -0.459 e. The van der Waals surface area contributed by atoms with Gasteiger partial charge in [0.15, 0.2) is 5.43 Å². The van der Waals surface area contributed by atoms with E-state index in [2.05, 4.69) is 4.98 Å². The summed E-state index contributed by atoms with van der Waals surface area (Å²) in [5.74, 6) is -0.543. The van der Waals surface area contributed by atoms with Gasteiger partial charge in [-0.25, -0.2) is 0 Å². The summed E-state index contributed by atoms with van der Waals surface area (Å²) in [5, 5.41) is 0. The number of hydrogen-bond acceptors (Lipinski definition) is 7. The summed E-state index contributed by atoms with van der Waals surface area (Å²) >= 11 is 0. The van der Waals surface area contributed by atoms with Crippen LogP contribution in [0.3, 0.4) is 0 Å². The van der Waals surface area contributed by atoms with Crippen molar-refractivity contribution in [3.63, 3.8) is 0 Å². The first-order chi connectivity index (χ1) is 14.8. The number of ether oxygens (including phenoxy) is 2. The molecule has 1 aromatic rings. The zero-order valence-corrected chi connectivity index (χ0v) is 20.5. The maximum Gasteiger partial charge on any atom is 0.320 e. The first-order valence-electron chi connectivity index (χ1n) is 11.4. The van der Waals surface area contributed by atoms with Gasteiger partial charge in [-0.3, -0.25) is 24.2 Å². The Balaban J connectivity index is 2.15. The van der Waals surface area contributed by atoms with Crippen LogP contribution in [0, 0.1) is 0 Å². The Kier molecular flexibility index (Phi) is 9.04. The van der Waals surface area contributed by atoms with Crippen LogP contribution >= 0.6 is 0 Å². The molecule has 0 saturated carbocycles. The third-order valence-electron chi connectivity index (χ3n) is 4.74. The molecule has 8 heteroatoms. The highest BCUT2D eigenvalue weighted by Crippen LogP contribution is 2.13. The molecule has 32 heavy (non-hydrogen) atoms. The standard InChI is InChI=1S/C24H39N3O5/c1-23(2,3)31-21(29)16-26-10-8-7-9-11-27(17-22(30)32-24(4,5)6)15-19-13-20(28)12-18(14-26)25-19/h12-13H,7-11,14-17H2,1-6H3,(H,25,28). The smallest absolute Gasteiger partial charge is 0.320 e. The third kappa shape index (κ3) is 10.4. The van der Waals surface area contributed by atoms with Crippen LogP contribution in [0.4, 0.5) is 0 Å². The van der Waals surface area contributed by atoms with E-state index >= 15 is 0 Å². The Labute approximate surface area is 191 Å². The quantitative estimate of drug-likeness (QED) is 0.707. The van der Waals surface area contributed by atoms with Gasteiger partial charge < -0.3 is 14.5 Å². The number of rotatable bonds is 4. The zero-order chi connectivity index (χ0) is 23.9. The molecule has 0 aliphatic carbocycles. The highest BCUT2D eigenvalue weighted by atomic mass is 16.6. The molecule has 2 bridgehead atoms. The molecule has 0 spiro atoms. The molecule has 2 heterocycles. The number of nitrogens with zero attached hydrogens (tertiary/aromatic N) is 2. The van der Waals surface area contributed by atoms with Gasteiger partial charge in [-0.05, 0) is 67.5 Å². The maximum absolute atomic E-state index is 12.4. The van der Waals surface area contributed by atoms with Crippen molar-refractivity contribution >= 4 is 11.9 Å². The first kappa shape index (κ1) is 26.1. The van der Waals surface area contributed by atoms with Crippen LogP contribution in [-0.4, -0.2) is 64.1 Å². The average molecular weight is 450 g/mol.